The van der Waals surface area contributed by atoms with Crippen LogP contribution in [0.5, 0.6) is 0 Å². The molecular formula is C12H19N3O3S. The number of sulfonamides is 1. The molecule has 0 saturated heterocycles. The van der Waals surface area contributed by atoms with E-state index in [0.29, 0.717) is 17.7 Å². The molecule has 1 aromatic carbocycles. The van der Waals surface area contributed by atoms with Crippen LogP contribution in [0.2, 0.25) is 0 Å². The van der Waals surface area contributed by atoms with E-state index in [1.54, 1.807) is 31.2 Å². The van der Waals surface area contributed by atoms with Gasteiger partial charge in [-0.15, -0.1) is 0 Å². The minimum atomic E-state index is -3.55. The van der Waals surface area contributed by atoms with E-state index in [9.17, 15) is 13.2 Å². The van der Waals surface area contributed by atoms with Crippen LogP contribution in [0.1, 0.15) is 25.8 Å². The molecule has 1 rings (SSSR count). The highest BCUT2D eigenvalue weighted by atomic mass is 32.2. The smallest absolute Gasteiger partial charge is 0.244 e. The Kier molecular flexibility index (Phi) is 4.67. The standard InChI is InChI=1S/C12H19N3O3S/c1-3-12(2,13)11(16)15-10-6-4-9(5-7-10)8-19(14,17)18/h4-7H,3,8,13H2,1-2H3,(H,15,16)(H2,14,17,18). The Balaban J connectivity index is 2.75. The van der Waals surface area contributed by atoms with Crippen molar-refractivity contribution >= 4 is 21.6 Å². The van der Waals surface area contributed by atoms with Crippen molar-refractivity contribution in [2.75, 3.05) is 5.32 Å². The quantitative estimate of drug-likeness (QED) is 0.732. The number of anilines is 1. The number of rotatable bonds is 5. The molecule has 0 fully saturated rings. The number of amides is 1. The van der Waals surface area contributed by atoms with Crippen molar-refractivity contribution in [1.29, 1.82) is 0 Å². The van der Waals surface area contributed by atoms with E-state index in [-0.39, 0.29) is 11.7 Å². The Labute approximate surface area is 113 Å². The van der Waals surface area contributed by atoms with E-state index in [0.717, 1.165) is 0 Å². The summed E-state index contributed by atoms with van der Waals surface area (Å²) < 4.78 is 21.9. The Bertz CT molecular complexity index is 550. The summed E-state index contributed by atoms with van der Waals surface area (Å²) in [5, 5.41) is 7.63. The Morgan fingerprint density at radius 2 is 1.84 bits per heavy atom. The van der Waals surface area contributed by atoms with E-state index in [1.807, 2.05) is 6.92 Å². The third-order valence-electron chi connectivity index (χ3n) is 2.83. The molecule has 0 bridgehead atoms. The Morgan fingerprint density at radius 1 is 1.32 bits per heavy atom. The zero-order chi connectivity index (χ0) is 14.7. The van der Waals surface area contributed by atoms with Crippen LogP contribution < -0.4 is 16.2 Å². The van der Waals surface area contributed by atoms with Gasteiger partial charge in [-0.1, -0.05) is 19.1 Å². The first kappa shape index (κ1) is 15.6. The molecule has 0 aromatic heterocycles. The first-order valence-corrected chi connectivity index (χ1v) is 7.55. The molecule has 0 aliphatic rings. The minimum absolute atomic E-state index is 0.231. The van der Waals surface area contributed by atoms with Crippen LogP contribution in [0, 0.1) is 0 Å². The molecule has 5 N–H and O–H groups in total. The highest BCUT2D eigenvalue weighted by Crippen LogP contribution is 2.14. The van der Waals surface area contributed by atoms with E-state index in [1.165, 1.54) is 0 Å². The normalized spacial score (nSPS) is 14.7. The predicted molar refractivity (Wildman–Crippen MR) is 74.8 cm³/mol. The monoisotopic (exact) mass is 285 g/mol. The van der Waals surface area contributed by atoms with E-state index in [4.69, 9.17) is 10.9 Å². The summed E-state index contributed by atoms with van der Waals surface area (Å²) >= 11 is 0. The average molecular weight is 285 g/mol. The lowest BCUT2D eigenvalue weighted by atomic mass is 9.99. The minimum Gasteiger partial charge on any atom is -0.325 e. The molecule has 7 heteroatoms. The van der Waals surface area contributed by atoms with Gasteiger partial charge in [-0.2, -0.15) is 0 Å². The van der Waals surface area contributed by atoms with Crippen LogP contribution in [0.3, 0.4) is 0 Å². The molecule has 0 heterocycles. The number of primary sulfonamides is 1. The van der Waals surface area contributed by atoms with Crippen LogP contribution in [0.15, 0.2) is 24.3 Å². The van der Waals surface area contributed by atoms with Crippen molar-refractivity contribution in [1.82, 2.24) is 0 Å². The molecular weight excluding hydrogens is 266 g/mol. The van der Waals surface area contributed by atoms with Gasteiger partial charge in [0.15, 0.2) is 0 Å². The van der Waals surface area contributed by atoms with Gasteiger partial charge in [0.05, 0.1) is 11.3 Å². The third kappa shape index (κ3) is 4.98. The molecule has 0 aliphatic carbocycles. The predicted octanol–water partition coefficient (Wildman–Crippen LogP) is 0.541. The van der Waals surface area contributed by atoms with Crippen LogP contribution >= 0.6 is 0 Å². The average Bonchev–Trinajstić information content (AvgIpc) is 2.29. The number of benzene rings is 1. The van der Waals surface area contributed by atoms with Gasteiger partial charge < -0.3 is 11.1 Å². The van der Waals surface area contributed by atoms with Gasteiger partial charge in [-0.3, -0.25) is 4.79 Å². The Morgan fingerprint density at radius 3 is 2.26 bits per heavy atom. The number of nitrogens with two attached hydrogens (primary N) is 2. The lowest BCUT2D eigenvalue weighted by Crippen LogP contribution is -2.47. The summed E-state index contributed by atoms with van der Waals surface area (Å²) in [6, 6.07) is 6.42. The second kappa shape index (κ2) is 5.68. The lowest BCUT2D eigenvalue weighted by Gasteiger charge is -2.21. The van der Waals surface area contributed by atoms with Gasteiger partial charge in [-0.05, 0) is 31.0 Å². The summed E-state index contributed by atoms with van der Waals surface area (Å²) in [4.78, 5) is 11.8. The molecule has 0 saturated carbocycles. The fourth-order valence-corrected chi connectivity index (χ4v) is 2.01. The lowest BCUT2D eigenvalue weighted by molar-refractivity contribution is -0.120. The van der Waals surface area contributed by atoms with Crippen LogP contribution in [0.25, 0.3) is 0 Å². The van der Waals surface area contributed by atoms with E-state index in [2.05, 4.69) is 5.32 Å². The second-order valence-corrected chi connectivity index (χ2v) is 6.34. The fraction of sp³-hybridized carbons (Fsp3) is 0.417. The van der Waals surface area contributed by atoms with Gasteiger partial charge in [0, 0.05) is 5.69 Å². The molecule has 1 amide bonds. The summed E-state index contributed by atoms with van der Waals surface area (Å²) in [5.74, 6) is -0.515. The number of nitrogens with one attached hydrogen (secondary N) is 1. The van der Waals surface area contributed by atoms with Gasteiger partial charge in [0.1, 0.15) is 0 Å². The molecule has 1 aromatic rings. The van der Waals surface area contributed by atoms with Crippen molar-refractivity contribution in [3.63, 3.8) is 0 Å². The van der Waals surface area contributed by atoms with Gasteiger partial charge >= 0.3 is 0 Å². The zero-order valence-electron chi connectivity index (χ0n) is 11.0. The molecule has 1 atom stereocenters. The second-order valence-electron chi connectivity index (χ2n) is 4.73. The molecule has 6 nitrogen and oxygen atoms in total. The largest absolute Gasteiger partial charge is 0.325 e. The topological polar surface area (TPSA) is 115 Å². The maximum Gasteiger partial charge on any atom is 0.244 e. The number of hydrogen-bond donors (Lipinski definition) is 3. The molecule has 19 heavy (non-hydrogen) atoms. The summed E-state index contributed by atoms with van der Waals surface area (Å²) in [6.45, 7) is 3.48. The van der Waals surface area contributed by atoms with Crippen LogP contribution in [-0.2, 0) is 20.6 Å². The summed E-state index contributed by atoms with van der Waals surface area (Å²) in [6.07, 6.45) is 0.516. The fourth-order valence-electron chi connectivity index (χ4n) is 1.35. The highest BCUT2D eigenvalue weighted by Gasteiger charge is 2.25. The van der Waals surface area contributed by atoms with Crippen molar-refractivity contribution in [2.24, 2.45) is 10.9 Å². The third-order valence-corrected chi connectivity index (χ3v) is 3.57. The van der Waals surface area contributed by atoms with Gasteiger partial charge in [0.25, 0.3) is 0 Å². The van der Waals surface area contributed by atoms with Crippen LogP contribution in [-0.4, -0.2) is 19.9 Å². The van der Waals surface area contributed by atoms with E-state index < -0.39 is 15.6 Å². The first-order valence-electron chi connectivity index (χ1n) is 5.84. The SMILES string of the molecule is CCC(C)(N)C(=O)Nc1ccc(CS(N)(=O)=O)cc1. The molecule has 0 radical (unpaired) electrons. The summed E-state index contributed by atoms with van der Waals surface area (Å²) in [5.41, 5.74) is 6.01. The number of carbonyl (C=O) groups excluding carboxylic acids is 1. The van der Waals surface area contributed by atoms with Crippen molar-refractivity contribution in [3.8, 4) is 0 Å². The number of carbonyl (C=O) groups is 1. The van der Waals surface area contributed by atoms with E-state index >= 15 is 0 Å². The molecule has 1 unspecified atom stereocenters. The number of hydrogen-bond acceptors (Lipinski definition) is 4. The van der Waals surface area contributed by atoms with Crippen LogP contribution in [0.4, 0.5) is 5.69 Å². The van der Waals surface area contributed by atoms with Crippen molar-refractivity contribution in [3.05, 3.63) is 29.8 Å². The van der Waals surface area contributed by atoms with Gasteiger partial charge in [0.2, 0.25) is 15.9 Å². The first-order chi connectivity index (χ1) is 8.64. The highest BCUT2D eigenvalue weighted by molar-refractivity contribution is 7.88. The van der Waals surface area contributed by atoms with Gasteiger partial charge in [-0.25, -0.2) is 13.6 Å². The van der Waals surface area contributed by atoms with Crippen molar-refractivity contribution in [2.45, 2.75) is 31.6 Å². The molecule has 106 valence electrons. The molecule has 0 spiro atoms. The molecule has 0 aliphatic heterocycles. The maximum atomic E-state index is 11.8. The maximum absolute atomic E-state index is 11.8. The summed E-state index contributed by atoms with van der Waals surface area (Å²) in [7, 11) is -3.55. The zero-order valence-corrected chi connectivity index (χ0v) is 11.8. The van der Waals surface area contributed by atoms with Crippen molar-refractivity contribution < 1.29 is 13.2 Å². The Hall–Kier alpha value is -1.44.